The molecule has 3 aromatic carbocycles. The lowest BCUT2D eigenvalue weighted by atomic mass is 10.1. The lowest BCUT2D eigenvalue weighted by Crippen LogP contribution is -2.13. The summed E-state index contributed by atoms with van der Waals surface area (Å²) in [5, 5.41) is 2.68. The number of carbonyl (C=O) groups excluding carboxylic acids is 1. The third-order valence-electron chi connectivity index (χ3n) is 4.08. The highest BCUT2D eigenvalue weighted by atomic mass is 19.1. The predicted molar refractivity (Wildman–Crippen MR) is 105 cm³/mol. The lowest BCUT2D eigenvalue weighted by Gasteiger charge is -2.13. The van der Waals surface area contributed by atoms with Crippen molar-refractivity contribution in [2.75, 3.05) is 19.5 Å². The van der Waals surface area contributed by atoms with Crippen molar-refractivity contribution in [3.63, 3.8) is 0 Å². The molecule has 0 spiro atoms. The molecule has 0 atom stereocenters. The molecule has 0 heterocycles. The van der Waals surface area contributed by atoms with Crippen LogP contribution in [0.3, 0.4) is 0 Å². The van der Waals surface area contributed by atoms with Crippen molar-refractivity contribution in [2.45, 2.75) is 6.61 Å². The molecule has 5 nitrogen and oxygen atoms in total. The highest BCUT2D eigenvalue weighted by Crippen LogP contribution is 2.24. The van der Waals surface area contributed by atoms with Gasteiger partial charge in [0.2, 0.25) is 0 Å². The number of hydrogen-bond acceptors (Lipinski definition) is 4. The molecule has 6 heteroatoms. The fourth-order valence-electron chi connectivity index (χ4n) is 2.64. The van der Waals surface area contributed by atoms with Gasteiger partial charge >= 0.3 is 0 Å². The van der Waals surface area contributed by atoms with E-state index in [9.17, 15) is 9.18 Å². The molecule has 0 bridgehead atoms. The van der Waals surface area contributed by atoms with Crippen LogP contribution >= 0.6 is 0 Å². The van der Waals surface area contributed by atoms with Crippen LogP contribution < -0.4 is 19.5 Å². The third kappa shape index (κ3) is 4.79. The standard InChI is InChI=1S/C22H20FNO4/c1-26-19-7-9-20(10-8-19)28-14-16-12-15(6-11-21(16)27-2)22(25)24-18-5-3-4-17(23)13-18/h3-13H,14H2,1-2H3,(H,24,25). The van der Waals surface area contributed by atoms with E-state index in [1.807, 2.05) is 0 Å². The molecule has 0 saturated heterocycles. The zero-order chi connectivity index (χ0) is 19.9. The highest BCUT2D eigenvalue weighted by Gasteiger charge is 2.12. The van der Waals surface area contributed by atoms with Crippen molar-refractivity contribution in [1.82, 2.24) is 0 Å². The van der Waals surface area contributed by atoms with Crippen molar-refractivity contribution in [1.29, 1.82) is 0 Å². The maximum atomic E-state index is 13.3. The molecule has 3 aromatic rings. The van der Waals surface area contributed by atoms with E-state index in [-0.39, 0.29) is 12.5 Å². The fraction of sp³-hybridized carbons (Fsp3) is 0.136. The second-order valence-corrected chi connectivity index (χ2v) is 5.96. The molecule has 0 aliphatic carbocycles. The quantitative estimate of drug-likeness (QED) is 0.646. The van der Waals surface area contributed by atoms with E-state index in [2.05, 4.69) is 5.32 Å². The number of methoxy groups -OCH3 is 2. The maximum Gasteiger partial charge on any atom is 0.255 e. The van der Waals surface area contributed by atoms with Crippen molar-refractivity contribution in [3.05, 3.63) is 83.7 Å². The van der Waals surface area contributed by atoms with Gasteiger partial charge in [-0.05, 0) is 60.7 Å². The van der Waals surface area contributed by atoms with E-state index in [0.29, 0.717) is 28.3 Å². The van der Waals surface area contributed by atoms with E-state index in [1.54, 1.807) is 62.8 Å². The number of benzene rings is 3. The number of anilines is 1. The first-order valence-corrected chi connectivity index (χ1v) is 8.59. The molecule has 3 rings (SSSR count). The Morgan fingerprint density at radius 1 is 0.929 bits per heavy atom. The van der Waals surface area contributed by atoms with Gasteiger partial charge in [-0.15, -0.1) is 0 Å². The summed E-state index contributed by atoms with van der Waals surface area (Å²) in [5.74, 6) is 1.24. The summed E-state index contributed by atoms with van der Waals surface area (Å²) < 4.78 is 29.6. The number of carbonyl (C=O) groups is 1. The number of hydrogen-bond donors (Lipinski definition) is 1. The smallest absolute Gasteiger partial charge is 0.255 e. The maximum absolute atomic E-state index is 13.3. The SMILES string of the molecule is COc1ccc(OCc2cc(C(=O)Nc3cccc(F)c3)ccc2OC)cc1. The summed E-state index contributed by atoms with van der Waals surface area (Å²) in [6.45, 7) is 0.219. The first-order chi connectivity index (χ1) is 13.6. The van der Waals surface area contributed by atoms with Gasteiger partial charge in [-0.1, -0.05) is 6.07 Å². The van der Waals surface area contributed by atoms with E-state index in [1.165, 1.54) is 18.2 Å². The summed E-state index contributed by atoms with van der Waals surface area (Å²) in [7, 11) is 3.15. The van der Waals surface area contributed by atoms with Crippen molar-refractivity contribution in [2.24, 2.45) is 0 Å². The van der Waals surface area contributed by atoms with Gasteiger partial charge in [-0.25, -0.2) is 4.39 Å². The minimum absolute atomic E-state index is 0.219. The Bertz CT molecular complexity index is 957. The monoisotopic (exact) mass is 381 g/mol. The molecule has 0 aromatic heterocycles. The van der Waals surface area contributed by atoms with Crippen LogP contribution in [0, 0.1) is 5.82 Å². The first-order valence-electron chi connectivity index (χ1n) is 8.59. The zero-order valence-corrected chi connectivity index (χ0v) is 15.6. The number of amides is 1. The molecular weight excluding hydrogens is 361 g/mol. The number of halogens is 1. The van der Waals surface area contributed by atoms with Crippen molar-refractivity contribution >= 4 is 11.6 Å². The molecule has 28 heavy (non-hydrogen) atoms. The van der Waals surface area contributed by atoms with Gasteiger partial charge in [0.1, 0.15) is 29.7 Å². The molecule has 0 unspecified atom stereocenters. The minimum Gasteiger partial charge on any atom is -0.497 e. The second-order valence-electron chi connectivity index (χ2n) is 5.96. The summed E-state index contributed by atoms with van der Waals surface area (Å²) in [6, 6.07) is 18.0. The molecule has 0 aliphatic heterocycles. The third-order valence-corrected chi connectivity index (χ3v) is 4.08. The minimum atomic E-state index is -0.416. The number of rotatable bonds is 7. The van der Waals surface area contributed by atoms with Gasteiger partial charge < -0.3 is 19.5 Å². The summed E-state index contributed by atoms with van der Waals surface area (Å²) in [6.07, 6.45) is 0. The van der Waals surface area contributed by atoms with E-state index < -0.39 is 5.82 Å². The topological polar surface area (TPSA) is 56.8 Å². The van der Waals surface area contributed by atoms with E-state index in [0.717, 1.165) is 5.75 Å². The number of nitrogens with one attached hydrogen (secondary N) is 1. The van der Waals surface area contributed by atoms with Gasteiger partial charge in [0.15, 0.2) is 0 Å². The molecular formula is C22H20FNO4. The largest absolute Gasteiger partial charge is 0.497 e. The molecule has 0 saturated carbocycles. The van der Waals surface area contributed by atoms with Crippen LogP contribution in [0.25, 0.3) is 0 Å². The Morgan fingerprint density at radius 3 is 2.36 bits per heavy atom. The average Bonchev–Trinajstić information content (AvgIpc) is 2.72. The van der Waals surface area contributed by atoms with Crippen LogP contribution in [-0.4, -0.2) is 20.1 Å². The van der Waals surface area contributed by atoms with Gasteiger partial charge in [0.05, 0.1) is 14.2 Å². The predicted octanol–water partition coefficient (Wildman–Crippen LogP) is 4.67. The number of ether oxygens (including phenoxy) is 3. The Labute approximate surface area is 162 Å². The Balaban J connectivity index is 1.74. The second kappa shape index (κ2) is 8.90. The Kier molecular flexibility index (Phi) is 6.11. The molecule has 0 radical (unpaired) electrons. The highest BCUT2D eigenvalue weighted by molar-refractivity contribution is 6.04. The lowest BCUT2D eigenvalue weighted by molar-refractivity contribution is 0.102. The molecule has 0 fully saturated rings. The van der Waals surface area contributed by atoms with Crippen LogP contribution in [-0.2, 0) is 6.61 Å². The van der Waals surface area contributed by atoms with Crippen LogP contribution in [0.4, 0.5) is 10.1 Å². The summed E-state index contributed by atoms with van der Waals surface area (Å²) in [5.41, 5.74) is 1.51. The van der Waals surface area contributed by atoms with E-state index >= 15 is 0 Å². The fourth-order valence-corrected chi connectivity index (χ4v) is 2.64. The molecule has 1 amide bonds. The van der Waals surface area contributed by atoms with Crippen molar-refractivity contribution < 1.29 is 23.4 Å². The van der Waals surface area contributed by atoms with Gasteiger partial charge in [0.25, 0.3) is 5.91 Å². The van der Waals surface area contributed by atoms with Crippen LogP contribution in [0.5, 0.6) is 17.2 Å². The Hall–Kier alpha value is -3.54. The van der Waals surface area contributed by atoms with Crippen LogP contribution in [0.15, 0.2) is 66.7 Å². The summed E-state index contributed by atoms with van der Waals surface area (Å²) >= 11 is 0. The van der Waals surface area contributed by atoms with Gasteiger partial charge in [-0.3, -0.25) is 4.79 Å². The van der Waals surface area contributed by atoms with Gasteiger partial charge in [-0.2, -0.15) is 0 Å². The van der Waals surface area contributed by atoms with Gasteiger partial charge in [0, 0.05) is 16.8 Å². The zero-order valence-electron chi connectivity index (χ0n) is 15.6. The Morgan fingerprint density at radius 2 is 1.68 bits per heavy atom. The van der Waals surface area contributed by atoms with Crippen LogP contribution in [0.1, 0.15) is 15.9 Å². The summed E-state index contributed by atoms with van der Waals surface area (Å²) in [4.78, 5) is 12.5. The molecule has 144 valence electrons. The van der Waals surface area contributed by atoms with Crippen LogP contribution in [0.2, 0.25) is 0 Å². The van der Waals surface area contributed by atoms with E-state index in [4.69, 9.17) is 14.2 Å². The average molecular weight is 381 g/mol. The first kappa shape index (κ1) is 19.2. The molecule has 1 N–H and O–H groups in total. The molecule has 0 aliphatic rings. The van der Waals surface area contributed by atoms with Crippen molar-refractivity contribution in [3.8, 4) is 17.2 Å². The normalized spacial score (nSPS) is 10.2.